The zero-order chi connectivity index (χ0) is 16.1. The third kappa shape index (κ3) is 3.74. The van der Waals surface area contributed by atoms with Gasteiger partial charge in [0, 0.05) is 6.54 Å². The van der Waals surface area contributed by atoms with Crippen LogP contribution in [0.15, 0.2) is 48.5 Å². The number of benzene rings is 2. The smallest absolute Gasteiger partial charge is 0.264 e. The zero-order valence-corrected chi connectivity index (χ0v) is 13.0. The van der Waals surface area contributed by atoms with E-state index in [1.54, 1.807) is 6.07 Å². The molecule has 0 saturated carbocycles. The lowest BCUT2D eigenvalue weighted by Gasteiger charge is -2.25. The average molecular weight is 313 g/mol. The van der Waals surface area contributed by atoms with Gasteiger partial charge in [0.25, 0.3) is 5.91 Å². The number of nitrogens with one attached hydrogen (secondary N) is 1. The molecule has 1 atom stereocenters. The number of amides is 1. The van der Waals surface area contributed by atoms with Crippen LogP contribution in [0.2, 0.25) is 0 Å². The lowest BCUT2D eigenvalue weighted by atomic mass is 10.2. The van der Waals surface area contributed by atoms with Gasteiger partial charge in [-0.15, -0.1) is 0 Å². The summed E-state index contributed by atoms with van der Waals surface area (Å²) < 4.78 is 16.7. The molecule has 1 unspecified atom stereocenters. The molecule has 2 aromatic carbocycles. The molecule has 1 N–H and O–H groups in total. The average Bonchev–Trinajstić information content (AvgIpc) is 2.60. The summed E-state index contributed by atoms with van der Waals surface area (Å²) in [6.45, 7) is 3.18. The number of carbonyl (C=O) groups is 1. The van der Waals surface area contributed by atoms with Crippen LogP contribution in [-0.2, 0) is 11.3 Å². The van der Waals surface area contributed by atoms with Crippen molar-refractivity contribution in [1.29, 1.82) is 0 Å². The van der Waals surface area contributed by atoms with Crippen molar-refractivity contribution in [1.82, 2.24) is 5.32 Å². The topological polar surface area (TPSA) is 56.8 Å². The summed E-state index contributed by atoms with van der Waals surface area (Å²) in [6.07, 6.45) is -0.639. The standard InChI is InChI=1S/C18H19NO4/c1-2-21-14-7-5-6-13(10-14)11-19-18(20)17-12-22-15-8-3-4-9-16(15)23-17/h3-10,17H,2,11-12H2,1H3,(H,19,20). The number of ether oxygens (including phenoxy) is 3. The van der Waals surface area contributed by atoms with E-state index >= 15 is 0 Å². The summed E-state index contributed by atoms with van der Waals surface area (Å²) in [7, 11) is 0. The Morgan fingerprint density at radius 1 is 1.22 bits per heavy atom. The van der Waals surface area contributed by atoms with Crippen LogP contribution in [0.3, 0.4) is 0 Å². The fourth-order valence-corrected chi connectivity index (χ4v) is 2.36. The van der Waals surface area contributed by atoms with Crippen molar-refractivity contribution < 1.29 is 19.0 Å². The second kappa shape index (κ2) is 7.05. The minimum Gasteiger partial charge on any atom is -0.494 e. The quantitative estimate of drug-likeness (QED) is 0.921. The second-order valence-corrected chi connectivity index (χ2v) is 5.16. The van der Waals surface area contributed by atoms with Gasteiger partial charge in [-0.25, -0.2) is 0 Å². The Balaban J connectivity index is 1.57. The molecule has 0 saturated heterocycles. The van der Waals surface area contributed by atoms with Gasteiger partial charge in [0.05, 0.1) is 6.61 Å². The molecule has 0 aromatic heterocycles. The molecule has 0 spiro atoms. The minimum absolute atomic E-state index is 0.193. The molecule has 0 radical (unpaired) electrons. The normalized spacial score (nSPS) is 15.8. The lowest BCUT2D eigenvalue weighted by molar-refractivity contribution is -0.130. The Morgan fingerprint density at radius 3 is 2.87 bits per heavy atom. The van der Waals surface area contributed by atoms with Crippen LogP contribution >= 0.6 is 0 Å². The molecule has 120 valence electrons. The van der Waals surface area contributed by atoms with Gasteiger partial charge in [-0.3, -0.25) is 4.79 Å². The molecule has 1 amide bonds. The van der Waals surface area contributed by atoms with Gasteiger partial charge in [0.1, 0.15) is 12.4 Å². The van der Waals surface area contributed by atoms with Crippen molar-refractivity contribution in [2.45, 2.75) is 19.6 Å². The maximum Gasteiger partial charge on any atom is 0.264 e. The van der Waals surface area contributed by atoms with Crippen molar-refractivity contribution in [2.75, 3.05) is 13.2 Å². The van der Waals surface area contributed by atoms with Gasteiger partial charge < -0.3 is 19.5 Å². The van der Waals surface area contributed by atoms with Gasteiger partial charge in [-0.2, -0.15) is 0 Å². The molecule has 0 aliphatic carbocycles. The van der Waals surface area contributed by atoms with Crippen LogP contribution in [-0.4, -0.2) is 25.2 Å². The van der Waals surface area contributed by atoms with E-state index < -0.39 is 6.10 Å². The Morgan fingerprint density at radius 2 is 2.04 bits per heavy atom. The highest BCUT2D eigenvalue weighted by Gasteiger charge is 2.26. The monoisotopic (exact) mass is 313 g/mol. The van der Waals surface area contributed by atoms with Crippen molar-refractivity contribution >= 4 is 5.91 Å². The van der Waals surface area contributed by atoms with Gasteiger partial charge in [-0.05, 0) is 36.8 Å². The summed E-state index contributed by atoms with van der Waals surface area (Å²) in [4.78, 5) is 12.2. The Bertz CT molecular complexity index is 686. The van der Waals surface area contributed by atoms with Crippen LogP contribution in [0.25, 0.3) is 0 Å². The minimum atomic E-state index is -0.639. The van der Waals surface area contributed by atoms with Gasteiger partial charge in [0.2, 0.25) is 6.10 Å². The van der Waals surface area contributed by atoms with E-state index in [1.165, 1.54) is 0 Å². The summed E-state index contributed by atoms with van der Waals surface area (Å²) in [6, 6.07) is 15.0. The van der Waals surface area contributed by atoms with Crippen LogP contribution < -0.4 is 19.5 Å². The number of carbonyl (C=O) groups excluding carboxylic acids is 1. The van der Waals surface area contributed by atoms with E-state index in [-0.39, 0.29) is 12.5 Å². The molecule has 5 nitrogen and oxygen atoms in total. The number of rotatable bonds is 5. The van der Waals surface area contributed by atoms with Gasteiger partial charge in [-0.1, -0.05) is 24.3 Å². The number of hydrogen-bond donors (Lipinski definition) is 1. The Kier molecular flexibility index (Phi) is 4.66. The second-order valence-electron chi connectivity index (χ2n) is 5.16. The third-order valence-corrected chi connectivity index (χ3v) is 3.48. The highest BCUT2D eigenvalue weighted by atomic mass is 16.6. The van der Waals surface area contributed by atoms with Gasteiger partial charge >= 0.3 is 0 Å². The van der Waals surface area contributed by atoms with Crippen LogP contribution in [0.1, 0.15) is 12.5 Å². The van der Waals surface area contributed by atoms with Crippen LogP contribution in [0.5, 0.6) is 17.2 Å². The molecule has 1 heterocycles. The van der Waals surface area contributed by atoms with Crippen LogP contribution in [0, 0.1) is 0 Å². The van der Waals surface area contributed by atoms with Crippen molar-refractivity contribution in [2.24, 2.45) is 0 Å². The number of para-hydroxylation sites is 2. The van der Waals surface area contributed by atoms with E-state index in [0.29, 0.717) is 24.7 Å². The predicted octanol–water partition coefficient (Wildman–Crippen LogP) is 2.54. The van der Waals surface area contributed by atoms with Crippen LogP contribution in [0.4, 0.5) is 0 Å². The van der Waals surface area contributed by atoms with Gasteiger partial charge in [0.15, 0.2) is 11.5 Å². The highest BCUT2D eigenvalue weighted by molar-refractivity contribution is 5.81. The summed E-state index contributed by atoms with van der Waals surface area (Å²) in [5.74, 6) is 1.87. The first kappa shape index (κ1) is 15.2. The maximum absolute atomic E-state index is 12.2. The van der Waals surface area contributed by atoms with Crippen molar-refractivity contribution in [3.8, 4) is 17.2 Å². The van der Waals surface area contributed by atoms with E-state index in [9.17, 15) is 4.79 Å². The molecule has 0 bridgehead atoms. The van der Waals surface area contributed by atoms with Crippen molar-refractivity contribution in [3.05, 3.63) is 54.1 Å². The van der Waals surface area contributed by atoms with E-state index in [0.717, 1.165) is 11.3 Å². The predicted molar refractivity (Wildman–Crippen MR) is 85.8 cm³/mol. The summed E-state index contributed by atoms with van der Waals surface area (Å²) >= 11 is 0. The number of hydrogen-bond acceptors (Lipinski definition) is 4. The molecule has 3 rings (SSSR count). The maximum atomic E-state index is 12.2. The Labute approximate surface area is 135 Å². The molecule has 5 heteroatoms. The summed E-state index contributed by atoms with van der Waals surface area (Å²) in [5.41, 5.74) is 0.974. The van der Waals surface area contributed by atoms with Crippen molar-refractivity contribution in [3.63, 3.8) is 0 Å². The lowest BCUT2D eigenvalue weighted by Crippen LogP contribution is -2.43. The molecule has 2 aromatic rings. The highest BCUT2D eigenvalue weighted by Crippen LogP contribution is 2.30. The zero-order valence-electron chi connectivity index (χ0n) is 13.0. The van der Waals surface area contributed by atoms with E-state index in [2.05, 4.69) is 5.32 Å². The van der Waals surface area contributed by atoms with E-state index in [4.69, 9.17) is 14.2 Å². The fourth-order valence-electron chi connectivity index (χ4n) is 2.36. The fraction of sp³-hybridized carbons (Fsp3) is 0.278. The Hall–Kier alpha value is -2.69. The molecule has 0 fully saturated rings. The SMILES string of the molecule is CCOc1cccc(CNC(=O)C2COc3ccccc3O2)c1. The number of fused-ring (bicyclic) bond motifs is 1. The first-order valence-electron chi connectivity index (χ1n) is 7.64. The van der Waals surface area contributed by atoms with E-state index in [1.807, 2.05) is 49.4 Å². The molecular weight excluding hydrogens is 294 g/mol. The largest absolute Gasteiger partial charge is 0.494 e. The molecular formula is C18H19NO4. The molecule has 1 aliphatic rings. The molecule has 23 heavy (non-hydrogen) atoms. The summed E-state index contributed by atoms with van der Waals surface area (Å²) in [5, 5.41) is 2.87. The third-order valence-electron chi connectivity index (χ3n) is 3.48. The first-order chi connectivity index (χ1) is 11.3. The first-order valence-corrected chi connectivity index (χ1v) is 7.64. The molecule has 1 aliphatic heterocycles.